The van der Waals surface area contributed by atoms with Gasteiger partial charge in [0, 0.05) is 31.4 Å². The lowest BCUT2D eigenvalue weighted by Crippen LogP contribution is -2.41. The topological polar surface area (TPSA) is 79.0 Å². The minimum absolute atomic E-state index is 0.0399. The number of hydrogen-bond donors (Lipinski definition) is 0. The van der Waals surface area contributed by atoms with Crippen LogP contribution in [0.2, 0.25) is 0 Å². The molecule has 1 fully saturated rings. The van der Waals surface area contributed by atoms with Crippen molar-refractivity contribution in [1.82, 2.24) is 13.9 Å². The van der Waals surface area contributed by atoms with Crippen LogP contribution in [0.1, 0.15) is 18.2 Å². The largest absolute Gasteiger partial charge is 0.315 e. The summed E-state index contributed by atoms with van der Waals surface area (Å²) < 4.78 is 28.0. The Kier molecular flexibility index (Phi) is 4.02. The molecule has 1 aliphatic rings. The van der Waals surface area contributed by atoms with E-state index in [9.17, 15) is 8.42 Å². The van der Waals surface area contributed by atoms with Crippen molar-refractivity contribution in [2.24, 2.45) is 5.92 Å². The van der Waals surface area contributed by atoms with E-state index in [-0.39, 0.29) is 5.92 Å². The van der Waals surface area contributed by atoms with Crippen LogP contribution in [0.3, 0.4) is 0 Å². The summed E-state index contributed by atoms with van der Waals surface area (Å²) in [6.07, 6.45) is 7.17. The molecule has 1 aliphatic heterocycles. The smallest absolute Gasteiger partial charge is 0.239 e. The third kappa shape index (κ3) is 2.69. The van der Waals surface area contributed by atoms with E-state index in [0.29, 0.717) is 25.9 Å². The quantitative estimate of drug-likeness (QED) is 0.774. The molecule has 1 saturated heterocycles. The number of aromatic nitrogens is 2. The van der Waals surface area contributed by atoms with E-state index in [4.69, 9.17) is 5.26 Å². The maximum absolute atomic E-state index is 12.5. The minimum Gasteiger partial charge on any atom is -0.315 e. The molecule has 0 saturated carbocycles. The Labute approximate surface area is 113 Å². The summed E-state index contributed by atoms with van der Waals surface area (Å²) >= 11 is 0. The monoisotopic (exact) mass is 280 g/mol. The number of nitriles is 1. The standard InChI is InChI=1S/C12H16N4O2S/c1-2-12(15-8-5-14-10-15)19(17,18)16-6-3-11(9-13)4-7-16/h2,5,8,10-12H,1,3-4,6-7H2. The summed E-state index contributed by atoms with van der Waals surface area (Å²) in [7, 11) is -3.50. The van der Waals surface area contributed by atoms with Crippen molar-refractivity contribution in [2.45, 2.75) is 18.2 Å². The lowest BCUT2D eigenvalue weighted by molar-refractivity contribution is 0.305. The minimum atomic E-state index is -3.50. The Hall–Kier alpha value is -1.65. The number of imidazole rings is 1. The first kappa shape index (κ1) is 13.8. The van der Waals surface area contributed by atoms with Crippen molar-refractivity contribution in [2.75, 3.05) is 13.1 Å². The van der Waals surface area contributed by atoms with Gasteiger partial charge in [-0.05, 0) is 12.8 Å². The Balaban J connectivity index is 2.18. The third-order valence-corrected chi connectivity index (χ3v) is 5.45. The molecule has 0 bridgehead atoms. The summed E-state index contributed by atoms with van der Waals surface area (Å²) in [5, 5.41) is 8.00. The fourth-order valence-electron chi connectivity index (χ4n) is 2.21. The molecule has 0 radical (unpaired) electrons. The molecule has 2 heterocycles. The van der Waals surface area contributed by atoms with Crippen LogP contribution >= 0.6 is 0 Å². The summed E-state index contributed by atoms with van der Waals surface area (Å²) in [4.78, 5) is 3.86. The van der Waals surface area contributed by atoms with Gasteiger partial charge < -0.3 is 4.57 Å². The summed E-state index contributed by atoms with van der Waals surface area (Å²) in [6, 6.07) is 2.19. The first-order chi connectivity index (χ1) is 9.09. The van der Waals surface area contributed by atoms with Crippen LogP contribution in [0.4, 0.5) is 0 Å². The van der Waals surface area contributed by atoms with Crippen molar-refractivity contribution < 1.29 is 8.42 Å². The molecule has 2 rings (SSSR count). The van der Waals surface area contributed by atoms with Gasteiger partial charge in [0.1, 0.15) is 0 Å². The van der Waals surface area contributed by atoms with Crippen molar-refractivity contribution >= 4 is 10.0 Å². The molecule has 7 heteroatoms. The van der Waals surface area contributed by atoms with Crippen molar-refractivity contribution in [1.29, 1.82) is 5.26 Å². The predicted molar refractivity (Wildman–Crippen MR) is 70.3 cm³/mol. The Morgan fingerprint density at radius 2 is 2.16 bits per heavy atom. The molecular formula is C12H16N4O2S. The van der Waals surface area contributed by atoms with Gasteiger partial charge in [-0.15, -0.1) is 0 Å². The zero-order valence-corrected chi connectivity index (χ0v) is 11.3. The van der Waals surface area contributed by atoms with Crippen molar-refractivity contribution in [3.8, 4) is 6.07 Å². The molecule has 0 spiro atoms. The van der Waals surface area contributed by atoms with Gasteiger partial charge in [-0.2, -0.15) is 9.57 Å². The van der Waals surface area contributed by atoms with E-state index in [2.05, 4.69) is 17.6 Å². The maximum Gasteiger partial charge on any atom is 0.239 e. The highest BCUT2D eigenvalue weighted by Crippen LogP contribution is 2.25. The zero-order chi connectivity index (χ0) is 13.9. The van der Waals surface area contributed by atoms with E-state index in [1.807, 2.05) is 0 Å². The van der Waals surface area contributed by atoms with Gasteiger partial charge in [-0.3, -0.25) is 0 Å². The average molecular weight is 280 g/mol. The van der Waals surface area contributed by atoms with Crippen LogP contribution in [0, 0.1) is 17.2 Å². The third-order valence-electron chi connectivity index (χ3n) is 3.32. The highest BCUT2D eigenvalue weighted by Gasteiger charge is 2.33. The molecule has 102 valence electrons. The molecular weight excluding hydrogens is 264 g/mol. The van der Waals surface area contributed by atoms with Gasteiger partial charge in [0.05, 0.1) is 12.4 Å². The molecule has 0 amide bonds. The van der Waals surface area contributed by atoms with Gasteiger partial charge in [0.2, 0.25) is 10.0 Å². The predicted octanol–water partition coefficient (Wildman–Crippen LogP) is 1.13. The second-order valence-corrected chi connectivity index (χ2v) is 6.51. The lowest BCUT2D eigenvalue weighted by Gasteiger charge is -2.31. The highest BCUT2D eigenvalue weighted by molar-refractivity contribution is 7.89. The molecule has 1 unspecified atom stereocenters. The van der Waals surface area contributed by atoms with Gasteiger partial charge in [0.25, 0.3) is 0 Å². The first-order valence-corrected chi connectivity index (χ1v) is 7.58. The van der Waals surface area contributed by atoms with Crippen molar-refractivity contribution in [3.63, 3.8) is 0 Å². The second kappa shape index (κ2) is 5.55. The first-order valence-electron chi connectivity index (χ1n) is 6.08. The Bertz CT molecular complexity index is 565. The maximum atomic E-state index is 12.5. The fraction of sp³-hybridized carbons (Fsp3) is 0.500. The Morgan fingerprint density at radius 1 is 1.47 bits per heavy atom. The summed E-state index contributed by atoms with van der Waals surface area (Å²) in [6.45, 7) is 4.38. The van der Waals surface area contributed by atoms with Crippen LogP contribution in [-0.2, 0) is 10.0 Å². The molecule has 1 aromatic heterocycles. The average Bonchev–Trinajstić information content (AvgIpc) is 2.93. The van der Waals surface area contributed by atoms with Crippen LogP contribution in [0.15, 0.2) is 31.4 Å². The summed E-state index contributed by atoms with van der Waals surface area (Å²) in [5.74, 6) is -0.0399. The van der Waals surface area contributed by atoms with Crippen LogP contribution < -0.4 is 0 Å². The van der Waals surface area contributed by atoms with E-state index >= 15 is 0 Å². The summed E-state index contributed by atoms with van der Waals surface area (Å²) in [5.41, 5.74) is 0. The molecule has 1 atom stereocenters. The fourth-order valence-corrected chi connectivity index (χ4v) is 3.91. The Morgan fingerprint density at radius 3 is 2.63 bits per heavy atom. The van der Waals surface area contributed by atoms with Gasteiger partial charge in [0.15, 0.2) is 5.37 Å². The second-order valence-electron chi connectivity index (χ2n) is 4.48. The number of sulfonamides is 1. The van der Waals surface area contributed by atoms with Gasteiger partial charge >= 0.3 is 0 Å². The van der Waals surface area contributed by atoms with E-state index < -0.39 is 15.4 Å². The zero-order valence-electron chi connectivity index (χ0n) is 10.5. The molecule has 6 nitrogen and oxygen atoms in total. The van der Waals surface area contributed by atoms with E-state index in [0.717, 1.165) is 0 Å². The van der Waals surface area contributed by atoms with Crippen molar-refractivity contribution in [3.05, 3.63) is 31.4 Å². The number of rotatable bonds is 4. The van der Waals surface area contributed by atoms with E-state index in [1.165, 1.54) is 27.5 Å². The molecule has 1 aromatic rings. The number of piperidine rings is 1. The molecule has 0 N–H and O–H groups in total. The molecule has 0 aliphatic carbocycles. The number of nitrogens with zero attached hydrogens (tertiary/aromatic N) is 4. The molecule has 0 aromatic carbocycles. The highest BCUT2D eigenvalue weighted by atomic mass is 32.2. The van der Waals surface area contributed by atoms with Crippen LogP contribution in [0.5, 0.6) is 0 Å². The van der Waals surface area contributed by atoms with Gasteiger partial charge in [-0.1, -0.05) is 12.7 Å². The normalized spacial score (nSPS) is 19.7. The van der Waals surface area contributed by atoms with Crippen LogP contribution in [0.25, 0.3) is 0 Å². The number of hydrogen-bond acceptors (Lipinski definition) is 4. The van der Waals surface area contributed by atoms with Crippen LogP contribution in [-0.4, -0.2) is 35.4 Å². The SMILES string of the molecule is C=CC(n1ccnc1)S(=O)(=O)N1CCC(C#N)CC1. The molecule has 19 heavy (non-hydrogen) atoms. The van der Waals surface area contributed by atoms with E-state index in [1.54, 1.807) is 6.20 Å². The van der Waals surface area contributed by atoms with Gasteiger partial charge in [-0.25, -0.2) is 13.4 Å². The lowest BCUT2D eigenvalue weighted by atomic mass is 10.0.